The van der Waals surface area contributed by atoms with E-state index in [0.29, 0.717) is 18.7 Å². The summed E-state index contributed by atoms with van der Waals surface area (Å²) in [5.74, 6) is 1.60. The van der Waals surface area contributed by atoms with Crippen LogP contribution in [0, 0.1) is 0 Å². The minimum atomic E-state index is -0.106. The third kappa shape index (κ3) is 5.58. The molecular formula is C29H33N3O3S. The molecule has 0 aliphatic carbocycles. The number of benzene rings is 2. The van der Waals surface area contributed by atoms with Gasteiger partial charge in [-0.15, -0.1) is 11.3 Å². The zero-order valence-electron chi connectivity index (χ0n) is 20.9. The van der Waals surface area contributed by atoms with Crippen LogP contribution in [-0.4, -0.2) is 47.7 Å². The van der Waals surface area contributed by atoms with Gasteiger partial charge in [0.15, 0.2) is 0 Å². The number of anilines is 1. The lowest BCUT2D eigenvalue weighted by atomic mass is 10.1. The van der Waals surface area contributed by atoms with Crippen LogP contribution in [0.3, 0.4) is 0 Å². The molecule has 5 rings (SSSR count). The molecule has 7 heteroatoms. The second kappa shape index (κ2) is 11.2. The van der Waals surface area contributed by atoms with Gasteiger partial charge in [0, 0.05) is 32.2 Å². The van der Waals surface area contributed by atoms with Gasteiger partial charge in [0.1, 0.15) is 23.3 Å². The van der Waals surface area contributed by atoms with E-state index in [-0.39, 0.29) is 12.0 Å². The van der Waals surface area contributed by atoms with E-state index in [1.165, 1.54) is 0 Å². The molecule has 0 saturated carbocycles. The van der Waals surface area contributed by atoms with Crippen molar-refractivity contribution >= 4 is 33.1 Å². The highest BCUT2D eigenvalue weighted by atomic mass is 32.1. The van der Waals surface area contributed by atoms with Gasteiger partial charge in [-0.1, -0.05) is 25.1 Å². The van der Waals surface area contributed by atoms with Crippen molar-refractivity contribution < 1.29 is 14.3 Å². The predicted molar refractivity (Wildman–Crippen MR) is 147 cm³/mol. The Labute approximate surface area is 216 Å². The van der Waals surface area contributed by atoms with Crippen molar-refractivity contribution in [1.82, 2.24) is 9.47 Å². The van der Waals surface area contributed by atoms with Gasteiger partial charge in [0.25, 0.3) is 5.91 Å². The first-order chi connectivity index (χ1) is 17.6. The molecule has 36 heavy (non-hydrogen) atoms. The van der Waals surface area contributed by atoms with Crippen LogP contribution in [0.15, 0.2) is 66.0 Å². The maximum Gasteiger partial charge on any atom is 0.272 e. The van der Waals surface area contributed by atoms with Crippen LogP contribution in [-0.2, 0) is 13.5 Å². The van der Waals surface area contributed by atoms with Crippen molar-refractivity contribution in [1.29, 1.82) is 0 Å². The molecular weight excluding hydrogens is 470 g/mol. The smallest absolute Gasteiger partial charge is 0.272 e. The van der Waals surface area contributed by atoms with Crippen LogP contribution in [0.1, 0.15) is 35.8 Å². The molecule has 2 aromatic heterocycles. The van der Waals surface area contributed by atoms with Gasteiger partial charge in [0.2, 0.25) is 0 Å². The quantitative estimate of drug-likeness (QED) is 0.305. The Morgan fingerprint density at radius 3 is 2.56 bits per heavy atom. The molecule has 1 aliphatic heterocycles. The van der Waals surface area contributed by atoms with E-state index in [4.69, 9.17) is 9.47 Å². The molecule has 1 saturated heterocycles. The largest absolute Gasteiger partial charge is 0.493 e. The first-order valence-electron chi connectivity index (χ1n) is 12.6. The minimum Gasteiger partial charge on any atom is -0.493 e. The number of amides is 1. The van der Waals surface area contributed by atoms with Gasteiger partial charge < -0.3 is 24.3 Å². The van der Waals surface area contributed by atoms with E-state index < -0.39 is 0 Å². The average molecular weight is 504 g/mol. The number of likely N-dealkylation sites (tertiary alicyclic amines) is 1. The number of nitrogens with zero attached hydrogens (tertiary/aromatic N) is 2. The number of aromatic nitrogens is 1. The summed E-state index contributed by atoms with van der Waals surface area (Å²) in [7, 11) is 1.93. The van der Waals surface area contributed by atoms with Gasteiger partial charge in [-0.2, -0.15) is 0 Å². The molecule has 0 bridgehead atoms. The van der Waals surface area contributed by atoms with Crippen LogP contribution >= 0.6 is 11.3 Å². The predicted octanol–water partition coefficient (Wildman–Crippen LogP) is 5.98. The van der Waals surface area contributed by atoms with Crippen molar-refractivity contribution in [2.24, 2.45) is 7.05 Å². The van der Waals surface area contributed by atoms with Gasteiger partial charge in [-0.3, -0.25) is 4.79 Å². The topological polar surface area (TPSA) is 55.7 Å². The number of para-hydroxylation sites is 1. The molecule has 1 fully saturated rings. The summed E-state index contributed by atoms with van der Waals surface area (Å²) < 4.78 is 15.2. The Bertz CT molecular complexity index is 1300. The first-order valence-corrected chi connectivity index (χ1v) is 13.5. The number of aryl methyl sites for hydroxylation is 1. The maximum absolute atomic E-state index is 13.0. The number of carbonyl (C=O) groups is 1. The second-order valence-corrected chi connectivity index (χ2v) is 10.1. The molecule has 0 radical (unpaired) electrons. The molecule has 0 atom stereocenters. The zero-order valence-corrected chi connectivity index (χ0v) is 21.7. The fourth-order valence-electron chi connectivity index (χ4n) is 4.74. The van der Waals surface area contributed by atoms with E-state index >= 15 is 0 Å². The standard InChI is InChI=1S/C29H33N3O3S/c1-3-32-16-12-24(13-17-32)35-23-10-8-22(9-11-23)34-18-14-21-6-4-5-7-25(21)30-29(33)27-20-28-26(31(27)2)15-19-36-28/h4-11,15,19-20,24H,3,12-14,16-18H2,1-2H3,(H,30,33). The zero-order chi connectivity index (χ0) is 24.9. The third-order valence-corrected chi connectivity index (χ3v) is 7.76. The van der Waals surface area contributed by atoms with Crippen LogP contribution in [0.5, 0.6) is 11.5 Å². The van der Waals surface area contributed by atoms with Crippen LogP contribution in [0.4, 0.5) is 5.69 Å². The molecule has 0 unspecified atom stereocenters. The highest BCUT2D eigenvalue weighted by molar-refractivity contribution is 7.17. The SMILES string of the molecule is CCN1CCC(Oc2ccc(OCCc3ccccc3NC(=O)c3cc4sccc4n3C)cc2)CC1. The normalized spacial score (nSPS) is 14.7. The monoisotopic (exact) mass is 503 g/mol. The fraction of sp³-hybridized carbons (Fsp3) is 0.345. The van der Waals surface area contributed by atoms with Gasteiger partial charge >= 0.3 is 0 Å². The number of hydrogen-bond acceptors (Lipinski definition) is 5. The number of thiophene rings is 1. The van der Waals surface area contributed by atoms with Crippen molar-refractivity contribution in [3.8, 4) is 11.5 Å². The number of ether oxygens (including phenoxy) is 2. The van der Waals surface area contributed by atoms with E-state index in [0.717, 1.165) is 65.4 Å². The average Bonchev–Trinajstić information content (AvgIpc) is 3.49. The van der Waals surface area contributed by atoms with Crippen molar-refractivity contribution in [3.63, 3.8) is 0 Å². The van der Waals surface area contributed by atoms with Gasteiger partial charge in [-0.05, 0) is 72.8 Å². The highest BCUT2D eigenvalue weighted by Gasteiger charge is 2.19. The molecule has 6 nitrogen and oxygen atoms in total. The summed E-state index contributed by atoms with van der Waals surface area (Å²) in [6, 6.07) is 19.8. The van der Waals surface area contributed by atoms with E-state index in [9.17, 15) is 4.79 Å². The summed E-state index contributed by atoms with van der Waals surface area (Å²) >= 11 is 1.64. The third-order valence-electron chi connectivity index (χ3n) is 6.91. The Balaban J connectivity index is 1.14. The second-order valence-electron chi connectivity index (χ2n) is 9.19. The van der Waals surface area contributed by atoms with Crippen LogP contribution in [0.25, 0.3) is 10.2 Å². The molecule has 1 amide bonds. The number of fused-ring (bicyclic) bond motifs is 1. The number of carbonyl (C=O) groups excluding carboxylic acids is 1. The van der Waals surface area contributed by atoms with Crippen molar-refractivity contribution in [2.45, 2.75) is 32.3 Å². The lowest BCUT2D eigenvalue weighted by molar-refractivity contribution is 0.101. The fourth-order valence-corrected chi connectivity index (χ4v) is 5.59. The van der Waals surface area contributed by atoms with Crippen molar-refractivity contribution in [3.05, 3.63) is 77.3 Å². The highest BCUT2D eigenvalue weighted by Crippen LogP contribution is 2.26. The minimum absolute atomic E-state index is 0.106. The van der Waals surface area contributed by atoms with E-state index in [1.807, 2.05) is 77.7 Å². The van der Waals surface area contributed by atoms with Crippen molar-refractivity contribution in [2.75, 3.05) is 31.6 Å². The Hall–Kier alpha value is -3.29. The molecule has 4 aromatic rings. The van der Waals surface area contributed by atoms with Gasteiger partial charge in [0.05, 0.1) is 16.8 Å². The van der Waals surface area contributed by atoms with Gasteiger partial charge in [-0.25, -0.2) is 0 Å². The number of piperidine rings is 1. The summed E-state index contributed by atoms with van der Waals surface area (Å²) in [5, 5.41) is 5.13. The van der Waals surface area contributed by atoms with Crippen LogP contribution in [0.2, 0.25) is 0 Å². The molecule has 3 heterocycles. The maximum atomic E-state index is 13.0. The first kappa shape index (κ1) is 24.4. The molecule has 188 valence electrons. The summed E-state index contributed by atoms with van der Waals surface area (Å²) in [6.07, 6.45) is 3.13. The van der Waals surface area contributed by atoms with Crippen LogP contribution < -0.4 is 14.8 Å². The molecule has 2 aromatic carbocycles. The Morgan fingerprint density at radius 1 is 1.06 bits per heavy atom. The Kier molecular flexibility index (Phi) is 7.58. The van der Waals surface area contributed by atoms with E-state index in [1.54, 1.807) is 11.3 Å². The number of hydrogen-bond donors (Lipinski definition) is 1. The lowest BCUT2D eigenvalue weighted by Crippen LogP contribution is -2.37. The lowest BCUT2D eigenvalue weighted by Gasteiger charge is -2.31. The summed E-state index contributed by atoms with van der Waals surface area (Å²) in [6.45, 7) is 6.05. The van der Waals surface area contributed by atoms with E-state index in [2.05, 4.69) is 17.1 Å². The summed E-state index contributed by atoms with van der Waals surface area (Å²) in [4.78, 5) is 15.4. The summed E-state index contributed by atoms with van der Waals surface area (Å²) in [5.41, 5.74) is 3.58. The molecule has 0 spiro atoms. The Morgan fingerprint density at radius 2 is 1.81 bits per heavy atom. The molecule has 1 aliphatic rings. The number of nitrogens with one attached hydrogen (secondary N) is 1. The number of rotatable bonds is 9. The molecule has 1 N–H and O–H groups in total.